The molecule has 0 aliphatic carbocycles. The summed E-state index contributed by atoms with van der Waals surface area (Å²) in [5.41, 5.74) is 0.209. The summed E-state index contributed by atoms with van der Waals surface area (Å²) in [5, 5.41) is 22.8. The highest BCUT2D eigenvalue weighted by atomic mass is 16.6. The van der Waals surface area contributed by atoms with E-state index in [-0.39, 0.29) is 12.4 Å². The summed E-state index contributed by atoms with van der Waals surface area (Å²) >= 11 is 0. The lowest BCUT2D eigenvalue weighted by Crippen LogP contribution is -2.38. The summed E-state index contributed by atoms with van der Waals surface area (Å²) in [4.78, 5) is 28.9. The highest BCUT2D eigenvalue weighted by Crippen LogP contribution is 2.30. The van der Waals surface area contributed by atoms with Crippen LogP contribution in [0.4, 0.5) is 5.82 Å². The maximum Gasteiger partial charge on any atom is 0.351 e. The number of carbonyl (C=O) groups is 1. The number of aryl methyl sites for hydroxylation is 1. The molecule has 0 saturated carbocycles. The van der Waals surface area contributed by atoms with Crippen molar-refractivity contribution in [2.45, 2.75) is 31.5 Å². The number of methoxy groups -OCH3 is 1. The van der Waals surface area contributed by atoms with Crippen molar-refractivity contribution in [1.29, 1.82) is 0 Å². The second-order valence-electron chi connectivity index (χ2n) is 6.85. The van der Waals surface area contributed by atoms with Crippen LogP contribution in [-0.4, -0.2) is 70.9 Å². The Balaban J connectivity index is 1.79. The first-order valence-electron chi connectivity index (χ1n) is 9.47. The number of anilines is 1. The number of aliphatic hydroxyl groups is 2. The molecule has 1 fully saturated rings. The SMILES string of the molecule is COCCO[C@H]1[C@@H](O)[C@H](n2cc(C)c(NC(=O)c3ccccc3)nc2=O)O[C@@H]1CO. The van der Waals surface area contributed by atoms with Crippen LogP contribution in [-0.2, 0) is 14.2 Å². The van der Waals surface area contributed by atoms with E-state index in [0.717, 1.165) is 4.57 Å². The Morgan fingerprint density at radius 1 is 1.30 bits per heavy atom. The number of carbonyl (C=O) groups excluding carboxylic acids is 1. The summed E-state index contributed by atoms with van der Waals surface area (Å²) < 4.78 is 17.2. The van der Waals surface area contributed by atoms with E-state index in [4.69, 9.17) is 14.2 Å². The van der Waals surface area contributed by atoms with E-state index < -0.39 is 42.7 Å². The van der Waals surface area contributed by atoms with E-state index in [0.29, 0.717) is 17.7 Å². The molecule has 1 aliphatic heterocycles. The van der Waals surface area contributed by atoms with Gasteiger partial charge in [-0.25, -0.2) is 4.79 Å². The van der Waals surface area contributed by atoms with Gasteiger partial charge in [0, 0.05) is 24.4 Å². The van der Waals surface area contributed by atoms with Crippen LogP contribution in [0.3, 0.4) is 0 Å². The fraction of sp³-hybridized carbons (Fsp3) is 0.450. The normalized spacial score (nSPS) is 23.5. The molecule has 1 aromatic carbocycles. The molecule has 30 heavy (non-hydrogen) atoms. The quantitative estimate of drug-likeness (QED) is 0.513. The van der Waals surface area contributed by atoms with Crippen LogP contribution in [0.15, 0.2) is 41.3 Å². The number of hydrogen-bond donors (Lipinski definition) is 3. The van der Waals surface area contributed by atoms with Gasteiger partial charge in [0.05, 0.1) is 19.8 Å². The number of ether oxygens (including phenoxy) is 3. The number of nitrogens with one attached hydrogen (secondary N) is 1. The minimum Gasteiger partial charge on any atom is -0.394 e. The van der Waals surface area contributed by atoms with E-state index in [1.165, 1.54) is 13.3 Å². The molecule has 1 amide bonds. The molecular weight excluding hydrogens is 394 g/mol. The number of aliphatic hydroxyl groups excluding tert-OH is 2. The number of nitrogens with zero attached hydrogens (tertiary/aromatic N) is 2. The highest BCUT2D eigenvalue weighted by Gasteiger charge is 2.45. The van der Waals surface area contributed by atoms with Gasteiger partial charge < -0.3 is 29.7 Å². The molecular formula is C20H25N3O7. The molecule has 0 bridgehead atoms. The third kappa shape index (κ3) is 4.74. The fourth-order valence-electron chi connectivity index (χ4n) is 3.21. The molecule has 1 aliphatic rings. The Bertz CT molecular complexity index is 918. The van der Waals surface area contributed by atoms with Gasteiger partial charge in [-0.05, 0) is 19.1 Å². The summed E-state index contributed by atoms with van der Waals surface area (Å²) in [5.74, 6) is -0.281. The van der Waals surface area contributed by atoms with E-state index >= 15 is 0 Å². The maximum atomic E-state index is 12.6. The van der Waals surface area contributed by atoms with Crippen LogP contribution in [0.2, 0.25) is 0 Å². The average Bonchev–Trinajstić information content (AvgIpc) is 3.06. The Kier molecular flexibility index (Phi) is 7.29. The van der Waals surface area contributed by atoms with Gasteiger partial charge in [-0.2, -0.15) is 4.98 Å². The molecule has 3 rings (SSSR count). The predicted octanol–water partition coefficient (Wildman–Crippen LogP) is 0.0862. The predicted molar refractivity (Wildman–Crippen MR) is 106 cm³/mol. The zero-order chi connectivity index (χ0) is 21.7. The van der Waals surface area contributed by atoms with Gasteiger partial charge in [-0.15, -0.1) is 0 Å². The minimum absolute atomic E-state index is 0.115. The van der Waals surface area contributed by atoms with Gasteiger partial charge >= 0.3 is 5.69 Å². The molecule has 3 N–H and O–H groups in total. The summed E-state index contributed by atoms with van der Waals surface area (Å²) in [6.45, 7) is 1.78. The molecule has 0 radical (unpaired) electrons. The van der Waals surface area contributed by atoms with Gasteiger partial charge in [0.2, 0.25) is 0 Å². The molecule has 2 heterocycles. The zero-order valence-electron chi connectivity index (χ0n) is 16.7. The highest BCUT2D eigenvalue weighted by molar-refractivity contribution is 6.03. The number of benzene rings is 1. The van der Waals surface area contributed by atoms with E-state index in [2.05, 4.69) is 10.3 Å². The lowest BCUT2D eigenvalue weighted by molar-refractivity contribution is -0.0685. The largest absolute Gasteiger partial charge is 0.394 e. The average molecular weight is 419 g/mol. The number of rotatable bonds is 8. The van der Waals surface area contributed by atoms with Crippen LogP contribution in [0.25, 0.3) is 0 Å². The van der Waals surface area contributed by atoms with Crippen LogP contribution < -0.4 is 11.0 Å². The van der Waals surface area contributed by atoms with Crippen molar-refractivity contribution in [1.82, 2.24) is 9.55 Å². The fourth-order valence-corrected chi connectivity index (χ4v) is 3.21. The van der Waals surface area contributed by atoms with Crippen molar-refractivity contribution in [3.63, 3.8) is 0 Å². The van der Waals surface area contributed by atoms with Gasteiger partial charge in [0.1, 0.15) is 24.1 Å². The summed E-state index contributed by atoms with van der Waals surface area (Å²) in [6.07, 6.45) is -2.50. The smallest absolute Gasteiger partial charge is 0.351 e. The van der Waals surface area contributed by atoms with Gasteiger partial charge in [-0.1, -0.05) is 18.2 Å². The van der Waals surface area contributed by atoms with Crippen LogP contribution in [0.5, 0.6) is 0 Å². The first-order chi connectivity index (χ1) is 14.5. The summed E-state index contributed by atoms with van der Waals surface area (Å²) in [6, 6.07) is 8.55. The number of aromatic nitrogens is 2. The van der Waals surface area contributed by atoms with E-state index in [9.17, 15) is 19.8 Å². The molecule has 1 saturated heterocycles. The first-order valence-corrected chi connectivity index (χ1v) is 9.47. The second kappa shape index (κ2) is 9.92. The van der Waals surface area contributed by atoms with Crippen molar-refractivity contribution in [3.8, 4) is 0 Å². The standard InChI is InChI=1S/C20H25N3O7/c1-12-10-23(19-15(25)16(14(11-24)30-19)29-9-8-28-2)20(27)22-17(12)21-18(26)13-6-4-3-5-7-13/h3-7,10,14-16,19,24-25H,8-9,11H2,1-2H3,(H,21,22,26,27)/t14-,15-,16-,19-/m1/s1. The van der Waals surface area contributed by atoms with Crippen LogP contribution in [0.1, 0.15) is 22.1 Å². The minimum atomic E-state index is -1.21. The first kappa shape index (κ1) is 22.1. The molecule has 10 nitrogen and oxygen atoms in total. The van der Waals surface area contributed by atoms with Crippen molar-refractivity contribution in [2.24, 2.45) is 0 Å². The summed E-state index contributed by atoms with van der Waals surface area (Å²) in [7, 11) is 1.52. The Morgan fingerprint density at radius 3 is 2.70 bits per heavy atom. The topological polar surface area (TPSA) is 132 Å². The Morgan fingerprint density at radius 2 is 2.03 bits per heavy atom. The van der Waals surface area contributed by atoms with Crippen molar-refractivity contribution >= 4 is 11.7 Å². The molecule has 1 aromatic heterocycles. The molecule has 4 atom stereocenters. The van der Waals surface area contributed by atoms with Crippen LogP contribution >= 0.6 is 0 Å². The molecule has 162 valence electrons. The second-order valence-corrected chi connectivity index (χ2v) is 6.85. The van der Waals surface area contributed by atoms with E-state index in [1.54, 1.807) is 37.3 Å². The van der Waals surface area contributed by atoms with E-state index in [1.807, 2.05) is 0 Å². The number of amides is 1. The maximum absolute atomic E-state index is 12.6. The lowest BCUT2D eigenvalue weighted by atomic mass is 10.1. The van der Waals surface area contributed by atoms with Gasteiger partial charge in [0.15, 0.2) is 6.23 Å². The monoisotopic (exact) mass is 419 g/mol. The van der Waals surface area contributed by atoms with Crippen LogP contribution in [0, 0.1) is 6.92 Å². The third-order valence-corrected chi connectivity index (χ3v) is 4.76. The molecule has 0 spiro atoms. The van der Waals surface area contributed by atoms with Gasteiger partial charge in [0.25, 0.3) is 5.91 Å². The molecule has 0 unspecified atom stereocenters. The van der Waals surface area contributed by atoms with Gasteiger partial charge in [-0.3, -0.25) is 9.36 Å². The van der Waals surface area contributed by atoms with Crippen molar-refractivity contribution in [2.75, 3.05) is 32.2 Å². The lowest BCUT2D eigenvalue weighted by Gasteiger charge is -2.20. The van der Waals surface area contributed by atoms with Crippen molar-refractivity contribution < 1.29 is 29.2 Å². The zero-order valence-corrected chi connectivity index (χ0v) is 16.7. The number of hydrogen-bond acceptors (Lipinski definition) is 8. The van der Waals surface area contributed by atoms with Crippen molar-refractivity contribution in [3.05, 3.63) is 58.1 Å². The third-order valence-electron chi connectivity index (χ3n) is 4.76. The molecule has 10 heteroatoms. The molecule has 2 aromatic rings. The Hall–Kier alpha value is -2.63. The Labute approximate surface area is 173 Å².